The van der Waals surface area contributed by atoms with E-state index in [1.54, 1.807) is 6.08 Å². The fourth-order valence-corrected chi connectivity index (χ4v) is 4.28. The Morgan fingerprint density at radius 1 is 0.688 bits per heavy atom. The topological polar surface area (TPSA) is 43.4 Å². The first-order valence-electron chi connectivity index (χ1n) is 10.5. The van der Waals surface area contributed by atoms with Gasteiger partial charge < -0.3 is 4.74 Å². The molecule has 0 amide bonds. The average molecular weight is 416 g/mol. The quantitative estimate of drug-likeness (QED) is 0.284. The zero-order valence-electron chi connectivity index (χ0n) is 17.5. The minimum Gasteiger partial charge on any atom is -0.426 e. The maximum Gasteiger partial charge on any atom is 0.308 e. The van der Waals surface area contributed by atoms with Gasteiger partial charge in [-0.15, -0.1) is 0 Å². The molecule has 1 aliphatic carbocycles. The molecule has 0 aliphatic heterocycles. The maximum atomic E-state index is 12.5. The molecule has 1 aliphatic rings. The van der Waals surface area contributed by atoms with Gasteiger partial charge in [-0.3, -0.25) is 9.59 Å². The van der Waals surface area contributed by atoms with Crippen LogP contribution >= 0.6 is 0 Å². The van der Waals surface area contributed by atoms with Crippen LogP contribution in [0.15, 0.2) is 103 Å². The Morgan fingerprint density at radius 2 is 1.34 bits per heavy atom. The van der Waals surface area contributed by atoms with Crippen LogP contribution in [-0.2, 0) is 4.79 Å². The van der Waals surface area contributed by atoms with Crippen LogP contribution in [0.3, 0.4) is 0 Å². The molecular formula is C29H20O3. The minimum atomic E-state index is -0.354. The lowest BCUT2D eigenvalue weighted by Gasteiger charge is -2.21. The molecule has 0 atom stereocenters. The van der Waals surface area contributed by atoms with E-state index in [1.807, 2.05) is 84.9 Å². The van der Waals surface area contributed by atoms with E-state index in [0.717, 1.165) is 38.6 Å². The number of esters is 1. The first-order chi connectivity index (χ1) is 15.6. The summed E-state index contributed by atoms with van der Waals surface area (Å²) in [7, 11) is 0. The number of rotatable bonds is 3. The van der Waals surface area contributed by atoms with Gasteiger partial charge in [0, 0.05) is 17.9 Å². The summed E-state index contributed by atoms with van der Waals surface area (Å²) in [5.41, 5.74) is 5.66. The summed E-state index contributed by atoms with van der Waals surface area (Å²) in [6, 6.07) is 29.6. The van der Waals surface area contributed by atoms with Gasteiger partial charge in [0.1, 0.15) is 5.75 Å². The van der Waals surface area contributed by atoms with Gasteiger partial charge in [0.25, 0.3) is 0 Å². The van der Waals surface area contributed by atoms with E-state index >= 15 is 0 Å². The summed E-state index contributed by atoms with van der Waals surface area (Å²) in [6.45, 7) is 1.40. The Morgan fingerprint density at radius 3 is 2.09 bits per heavy atom. The van der Waals surface area contributed by atoms with E-state index in [-0.39, 0.29) is 11.8 Å². The molecule has 0 unspecified atom stereocenters. The lowest BCUT2D eigenvalue weighted by molar-refractivity contribution is -0.131. The van der Waals surface area contributed by atoms with Crippen molar-refractivity contribution >= 4 is 33.7 Å². The first kappa shape index (κ1) is 19.7. The molecule has 3 heteroatoms. The van der Waals surface area contributed by atoms with Gasteiger partial charge in [-0.25, -0.2) is 0 Å². The Bertz CT molecular complexity index is 1430. The second-order valence-electron chi connectivity index (χ2n) is 7.65. The van der Waals surface area contributed by atoms with Crippen LogP contribution in [0.1, 0.15) is 34.0 Å². The van der Waals surface area contributed by atoms with Crippen LogP contribution in [-0.4, -0.2) is 11.8 Å². The van der Waals surface area contributed by atoms with Gasteiger partial charge in [-0.1, -0.05) is 78.9 Å². The maximum absolute atomic E-state index is 12.5. The Balaban J connectivity index is 1.87. The molecule has 4 aromatic rings. The number of fused-ring (bicyclic) bond motifs is 2. The molecule has 0 radical (unpaired) electrons. The highest BCUT2D eigenvalue weighted by molar-refractivity contribution is 6.18. The molecule has 32 heavy (non-hydrogen) atoms. The van der Waals surface area contributed by atoms with E-state index < -0.39 is 0 Å². The van der Waals surface area contributed by atoms with Gasteiger partial charge in [0.2, 0.25) is 0 Å². The molecule has 0 spiro atoms. The largest absolute Gasteiger partial charge is 0.426 e. The van der Waals surface area contributed by atoms with E-state index in [9.17, 15) is 9.59 Å². The predicted octanol–water partition coefficient (Wildman–Crippen LogP) is 6.48. The molecular weight excluding hydrogens is 396 g/mol. The lowest BCUT2D eigenvalue weighted by atomic mass is 9.82. The molecule has 0 heterocycles. The van der Waals surface area contributed by atoms with Crippen LogP contribution in [0.2, 0.25) is 0 Å². The number of carbonyl (C=O) groups is 2. The number of allylic oxidation sites excluding steroid dienone is 3. The van der Waals surface area contributed by atoms with E-state index in [1.165, 1.54) is 6.92 Å². The molecule has 4 aromatic carbocycles. The van der Waals surface area contributed by atoms with Crippen LogP contribution in [0.4, 0.5) is 0 Å². The van der Waals surface area contributed by atoms with E-state index in [4.69, 9.17) is 4.74 Å². The molecule has 0 saturated carbocycles. The molecule has 0 saturated heterocycles. The molecule has 0 aromatic heterocycles. The lowest BCUT2D eigenvalue weighted by Crippen LogP contribution is -2.07. The highest BCUT2D eigenvalue weighted by Gasteiger charge is 2.22. The smallest absolute Gasteiger partial charge is 0.308 e. The molecule has 3 nitrogen and oxygen atoms in total. The third kappa shape index (κ3) is 3.44. The average Bonchev–Trinajstić information content (AvgIpc) is 2.82. The van der Waals surface area contributed by atoms with Crippen molar-refractivity contribution in [2.24, 2.45) is 0 Å². The van der Waals surface area contributed by atoms with Crippen molar-refractivity contribution in [1.29, 1.82) is 0 Å². The number of hydrogen-bond acceptors (Lipinski definition) is 3. The van der Waals surface area contributed by atoms with Crippen LogP contribution in [0, 0.1) is 0 Å². The Hall–Kier alpha value is -4.24. The third-order valence-corrected chi connectivity index (χ3v) is 5.62. The van der Waals surface area contributed by atoms with Gasteiger partial charge in [0.05, 0.1) is 0 Å². The van der Waals surface area contributed by atoms with Gasteiger partial charge in [0.15, 0.2) is 5.78 Å². The predicted molar refractivity (Wildman–Crippen MR) is 128 cm³/mol. The van der Waals surface area contributed by atoms with E-state index in [0.29, 0.717) is 11.3 Å². The fraction of sp³-hybridized carbons (Fsp3) is 0.0345. The van der Waals surface area contributed by atoms with Gasteiger partial charge >= 0.3 is 5.97 Å². The van der Waals surface area contributed by atoms with Crippen LogP contribution < -0.4 is 4.74 Å². The van der Waals surface area contributed by atoms with Crippen molar-refractivity contribution in [1.82, 2.24) is 0 Å². The molecule has 0 fully saturated rings. The Labute approximate surface area is 186 Å². The standard InChI is InChI=1S/C29H20O3/c1-19(30)32-28-18-16-26(22-12-6-8-14-24(22)28)29(20-9-3-2-4-10-20)25-15-17-27(31)23-13-7-5-11-21(23)25/h2-18H,1H3/b29-25+. The van der Waals surface area contributed by atoms with Crippen LogP contribution in [0.25, 0.3) is 21.9 Å². The van der Waals surface area contributed by atoms with Crippen LogP contribution in [0.5, 0.6) is 5.75 Å². The van der Waals surface area contributed by atoms with Crippen molar-refractivity contribution in [3.8, 4) is 5.75 Å². The van der Waals surface area contributed by atoms with Crippen molar-refractivity contribution in [2.45, 2.75) is 6.92 Å². The highest BCUT2D eigenvalue weighted by atomic mass is 16.5. The highest BCUT2D eigenvalue weighted by Crippen LogP contribution is 2.41. The number of benzene rings is 4. The van der Waals surface area contributed by atoms with Crippen molar-refractivity contribution in [3.63, 3.8) is 0 Å². The molecule has 0 N–H and O–H groups in total. The minimum absolute atomic E-state index is 0.00632. The summed E-state index contributed by atoms with van der Waals surface area (Å²) >= 11 is 0. The first-order valence-corrected chi connectivity index (χ1v) is 10.5. The molecule has 0 bridgehead atoms. The van der Waals surface area contributed by atoms with Crippen molar-refractivity contribution < 1.29 is 14.3 Å². The van der Waals surface area contributed by atoms with E-state index in [2.05, 4.69) is 12.1 Å². The van der Waals surface area contributed by atoms with Crippen molar-refractivity contribution in [3.05, 3.63) is 125 Å². The zero-order chi connectivity index (χ0) is 22.1. The molecule has 154 valence electrons. The zero-order valence-corrected chi connectivity index (χ0v) is 17.5. The summed E-state index contributed by atoms with van der Waals surface area (Å²) in [4.78, 5) is 24.2. The monoisotopic (exact) mass is 416 g/mol. The number of carbonyl (C=O) groups excluding carboxylic acids is 2. The third-order valence-electron chi connectivity index (χ3n) is 5.62. The summed E-state index contributed by atoms with van der Waals surface area (Å²) in [6.07, 6.45) is 3.54. The number of ether oxygens (including phenoxy) is 1. The SMILES string of the molecule is CC(=O)Oc1ccc(/C(=C2\C=CC(=O)c3ccccc32)c2ccccc2)c2ccccc12. The number of ketones is 1. The Kier molecular flexibility index (Phi) is 5.00. The van der Waals surface area contributed by atoms with Crippen molar-refractivity contribution in [2.75, 3.05) is 0 Å². The summed E-state index contributed by atoms with van der Waals surface area (Å²) in [5.74, 6) is 0.183. The normalized spacial score (nSPS) is 14.2. The molecule has 5 rings (SSSR count). The summed E-state index contributed by atoms with van der Waals surface area (Å²) < 4.78 is 5.47. The fourth-order valence-electron chi connectivity index (χ4n) is 4.28. The second-order valence-corrected chi connectivity index (χ2v) is 7.65. The number of hydrogen-bond donors (Lipinski definition) is 0. The van der Waals surface area contributed by atoms with Gasteiger partial charge in [-0.2, -0.15) is 0 Å². The second kappa shape index (κ2) is 8.12. The summed E-state index contributed by atoms with van der Waals surface area (Å²) in [5, 5.41) is 1.83. The van der Waals surface area contributed by atoms with Gasteiger partial charge in [-0.05, 0) is 57.5 Å².